The lowest BCUT2D eigenvalue weighted by Gasteiger charge is -1.99. The number of benzene rings is 1. The first-order valence-electron chi connectivity index (χ1n) is 8.10. The highest BCUT2D eigenvalue weighted by Crippen LogP contribution is 2.19. The number of hydrogen-bond acceptors (Lipinski definition) is 4. The predicted molar refractivity (Wildman–Crippen MR) is 98.7 cm³/mol. The highest BCUT2D eigenvalue weighted by Gasteiger charge is 2.12. The quantitative estimate of drug-likeness (QED) is 0.389. The van der Waals surface area contributed by atoms with E-state index >= 15 is 0 Å². The van der Waals surface area contributed by atoms with Crippen molar-refractivity contribution in [3.63, 3.8) is 0 Å². The van der Waals surface area contributed by atoms with Crippen LogP contribution in [0.1, 0.15) is 28.2 Å². The molecule has 3 aromatic rings. The van der Waals surface area contributed by atoms with Crippen molar-refractivity contribution in [1.82, 2.24) is 15.0 Å². The molecule has 2 heterocycles. The highest BCUT2D eigenvalue weighted by molar-refractivity contribution is 6.07. The fourth-order valence-electron chi connectivity index (χ4n) is 2.45. The molecule has 0 aliphatic heterocycles. The maximum Gasteiger partial charge on any atom is 0.328 e. The number of imidazole rings is 1. The fraction of sp³-hybridized carbons (Fsp3) is 0.158. The molecule has 0 radical (unpaired) electrons. The summed E-state index contributed by atoms with van der Waals surface area (Å²) in [5.74, 6) is -2.36. The second-order valence-electron chi connectivity index (χ2n) is 5.66. The molecule has 0 saturated carbocycles. The van der Waals surface area contributed by atoms with E-state index in [2.05, 4.69) is 15.0 Å². The molecule has 0 spiro atoms. The van der Waals surface area contributed by atoms with Gasteiger partial charge in [0.2, 0.25) is 0 Å². The van der Waals surface area contributed by atoms with Crippen LogP contribution in [0.15, 0.2) is 48.9 Å². The molecule has 2 aromatic heterocycles. The van der Waals surface area contributed by atoms with Crippen LogP contribution in [0.25, 0.3) is 10.9 Å². The second-order valence-corrected chi connectivity index (χ2v) is 5.66. The van der Waals surface area contributed by atoms with Crippen molar-refractivity contribution in [2.45, 2.75) is 19.8 Å². The number of Topliss-reactive ketones (excluding diaryl/α,β-unsaturated/α-hetero) is 1. The number of nitrogens with one attached hydrogen (secondary N) is 2. The van der Waals surface area contributed by atoms with Crippen molar-refractivity contribution < 1.29 is 24.6 Å². The van der Waals surface area contributed by atoms with Gasteiger partial charge in [-0.2, -0.15) is 0 Å². The number of H-pyrrole nitrogens is 2. The van der Waals surface area contributed by atoms with Crippen LogP contribution in [0.3, 0.4) is 0 Å². The zero-order valence-electron chi connectivity index (χ0n) is 14.6. The summed E-state index contributed by atoms with van der Waals surface area (Å²) in [4.78, 5) is 41.8. The summed E-state index contributed by atoms with van der Waals surface area (Å²) in [6.45, 7) is 1.97. The summed E-state index contributed by atoms with van der Waals surface area (Å²) in [7, 11) is 0. The van der Waals surface area contributed by atoms with Crippen LogP contribution < -0.4 is 0 Å². The molecule has 0 aliphatic rings. The van der Waals surface area contributed by atoms with Gasteiger partial charge in [0.1, 0.15) is 0 Å². The van der Waals surface area contributed by atoms with Gasteiger partial charge < -0.3 is 20.2 Å². The van der Waals surface area contributed by atoms with Crippen molar-refractivity contribution in [2.75, 3.05) is 0 Å². The Kier molecular flexibility index (Phi) is 6.65. The number of carboxylic acid groups (broad SMARTS) is 2. The maximum absolute atomic E-state index is 12.3. The molecule has 8 heteroatoms. The van der Waals surface area contributed by atoms with E-state index in [9.17, 15) is 14.4 Å². The van der Waals surface area contributed by atoms with E-state index in [0.717, 1.165) is 27.9 Å². The first-order chi connectivity index (χ1) is 12.9. The van der Waals surface area contributed by atoms with Gasteiger partial charge in [0.15, 0.2) is 5.78 Å². The number of para-hydroxylation sites is 1. The van der Waals surface area contributed by atoms with E-state index in [1.807, 2.05) is 31.2 Å². The molecule has 0 saturated heterocycles. The lowest BCUT2D eigenvalue weighted by Crippen LogP contribution is -2.01. The Balaban J connectivity index is 0.000000279. The van der Waals surface area contributed by atoms with Crippen LogP contribution in [0, 0.1) is 6.92 Å². The number of fused-ring (bicyclic) bond motifs is 1. The van der Waals surface area contributed by atoms with Crippen LogP contribution in [0.4, 0.5) is 0 Å². The molecule has 8 nitrogen and oxygen atoms in total. The SMILES string of the molecule is Cc1[nH]cnc1CCC(=O)c1c[nH]c2ccccc12.O=C(O)/C=C\C(=O)O. The van der Waals surface area contributed by atoms with Crippen LogP contribution in [0.2, 0.25) is 0 Å². The number of carbonyl (C=O) groups excluding carboxylic acids is 1. The third-order valence-electron chi connectivity index (χ3n) is 3.78. The molecule has 0 aliphatic carbocycles. The number of hydrogen-bond donors (Lipinski definition) is 4. The zero-order chi connectivity index (χ0) is 19.8. The Morgan fingerprint density at radius 3 is 2.33 bits per heavy atom. The largest absolute Gasteiger partial charge is 0.478 e. The molecule has 3 rings (SSSR count). The number of aliphatic carboxylic acids is 2. The van der Waals surface area contributed by atoms with Crippen molar-refractivity contribution in [1.29, 1.82) is 0 Å². The zero-order valence-corrected chi connectivity index (χ0v) is 14.6. The number of nitrogens with zero attached hydrogens (tertiary/aromatic N) is 1. The Morgan fingerprint density at radius 1 is 1.07 bits per heavy atom. The van der Waals surface area contributed by atoms with Gasteiger partial charge in [0.25, 0.3) is 0 Å². The Morgan fingerprint density at radius 2 is 1.74 bits per heavy atom. The maximum atomic E-state index is 12.3. The van der Waals surface area contributed by atoms with E-state index in [1.54, 1.807) is 12.5 Å². The minimum atomic E-state index is -1.26. The number of aryl methyl sites for hydroxylation is 2. The smallest absolute Gasteiger partial charge is 0.328 e. The first-order valence-corrected chi connectivity index (χ1v) is 8.10. The van der Waals surface area contributed by atoms with Gasteiger partial charge in [0.05, 0.1) is 12.0 Å². The Labute approximate surface area is 154 Å². The molecule has 0 atom stereocenters. The van der Waals surface area contributed by atoms with E-state index in [1.165, 1.54) is 0 Å². The molecule has 0 unspecified atom stereocenters. The third-order valence-corrected chi connectivity index (χ3v) is 3.78. The summed E-state index contributed by atoms with van der Waals surface area (Å²) < 4.78 is 0. The number of aromatic amines is 2. The van der Waals surface area contributed by atoms with Crippen LogP contribution in [0.5, 0.6) is 0 Å². The normalized spacial score (nSPS) is 10.6. The van der Waals surface area contributed by atoms with Gasteiger partial charge in [-0.1, -0.05) is 18.2 Å². The van der Waals surface area contributed by atoms with Crippen LogP contribution in [-0.2, 0) is 16.0 Å². The van der Waals surface area contributed by atoms with E-state index in [0.29, 0.717) is 25.0 Å². The van der Waals surface area contributed by atoms with Gasteiger partial charge in [0, 0.05) is 46.9 Å². The molecule has 27 heavy (non-hydrogen) atoms. The van der Waals surface area contributed by atoms with Crippen LogP contribution >= 0.6 is 0 Å². The molecular formula is C19H19N3O5. The molecule has 140 valence electrons. The van der Waals surface area contributed by atoms with Crippen molar-refractivity contribution >= 4 is 28.6 Å². The summed E-state index contributed by atoms with van der Waals surface area (Å²) >= 11 is 0. The minimum Gasteiger partial charge on any atom is -0.478 e. The first kappa shape index (κ1) is 19.6. The average molecular weight is 369 g/mol. The van der Waals surface area contributed by atoms with Gasteiger partial charge >= 0.3 is 11.9 Å². The summed E-state index contributed by atoms with van der Waals surface area (Å²) in [6.07, 6.45) is 5.73. The van der Waals surface area contributed by atoms with Gasteiger partial charge in [-0.15, -0.1) is 0 Å². The summed E-state index contributed by atoms with van der Waals surface area (Å²) in [6, 6.07) is 7.85. The highest BCUT2D eigenvalue weighted by atomic mass is 16.4. The number of carboxylic acids is 2. The van der Waals surface area contributed by atoms with Crippen molar-refractivity contribution in [3.05, 3.63) is 65.9 Å². The number of ketones is 1. The molecule has 1 aromatic carbocycles. The Hall–Kier alpha value is -3.68. The predicted octanol–water partition coefficient (Wildman–Crippen LogP) is 2.73. The van der Waals surface area contributed by atoms with Gasteiger partial charge in [-0.05, 0) is 19.4 Å². The molecule has 0 fully saturated rings. The lowest BCUT2D eigenvalue weighted by molar-refractivity contribution is -0.134. The number of rotatable bonds is 6. The van der Waals surface area contributed by atoms with Crippen LogP contribution in [-0.4, -0.2) is 42.9 Å². The summed E-state index contributed by atoms with van der Waals surface area (Å²) in [5, 5.41) is 16.6. The van der Waals surface area contributed by atoms with Gasteiger partial charge in [-0.25, -0.2) is 14.6 Å². The molecule has 0 amide bonds. The third kappa shape index (κ3) is 5.67. The average Bonchev–Trinajstić information content (AvgIpc) is 3.24. The standard InChI is InChI=1S/C15H15N3O.C4H4O4/c1-10-13(18-9-17-10)6-7-15(19)12-8-16-14-5-3-2-4-11(12)14;5-3(6)1-2-4(7)8/h2-5,8-9,16H,6-7H2,1H3,(H,17,18);1-2H,(H,5,6)(H,7,8)/b;2-1-. The van der Waals surface area contributed by atoms with E-state index in [-0.39, 0.29) is 5.78 Å². The second kappa shape index (κ2) is 9.14. The van der Waals surface area contributed by atoms with Gasteiger partial charge in [-0.3, -0.25) is 4.79 Å². The molecule has 4 N–H and O–H groups in total. The Bertz CT molecular complexity index is 968. The minimum absolute atomic E-state index is 0.153. The summed E-state index contributed by atoms with van der Waals surface area (Å²) in [5.41, 5.74) is 3.77. The lowest BCUT2D eigenvalue weighted by atomic mass is 10.0. The van der Waals surface area contributed by atoms with E-state index in [4.69, 9.17) is 10.2 Å². The molecular weight excluding hydrogens is 350 g/mol. The number of aromatic nitrogens is 3. The van der Waals surface area contributed by atoms with E-state index < -0.39 is 11.9 Å². The monoisotopic (exact) mass is 369 g/mol. The van der Waals surface area contributed by atoms with Crippen molar-refractivity contribution in [2.24, 2.45) is 0 Å². The molecule has 0 bridgehead atoms. The fourth-order valence-corrected chi connectivity index (χ4v) is 2.45. The number of carbonyl (C=O) groups is 3. The van der Waals surface area contributed by atoms with Crippen molar-refractivity contribution in [3.8, 4) is 0 Å². The topological polar surface area (TPSA) is 136 Å².